The first kappa shape index (κ1) is 22.1. The van der Waals surface area contributed by atoms with Gasteiger partial charge in [-0.1, -0.05) is 54.1 Å². The number of halogens is 1. The molecule has 2 amide bonds. The minimum atomic E-state index is -1.18. The third-order valence-corrected chi connectivity index (χ3v) is 4.83. The van der Waals surface area contributed by atoms with Crippen LogP contribution in [-0.2, 0) is 14.3 Å². The number of esters is 1. The van der Waals surface area contributed by atoms with E-state index in [0.29, 0.717) is 22.0 Å². The summed E-state index contributed by atoms with van der Waals surface area (Å²) in [5, 5.41) is 5.87. The molecule has 0 saturated carbocycles. The molecule has 158 valence electrons. The average molecular weight is 437 g/mol. The van der Waals surface area contributed by atoms with E-state index >= 15 is 0 Å². The summed E-state index contributed by atoms with van der Waals surface area (Å²) >= 11 is 6.14. The number of hydrogen-bond donors (Lipinski definition) is 2. The van der Waals surface area contributed by atoms with Crippen molar-refractivity contribution in [1.29, 1.82) is 0 Å². The minimum absolute atomic E-state index is 0.207. The Balaban J connectivity index is 1.84. The zero-order valence-corrected chi connectivity index (χ0v) is 17.8. The van der Waals surface area contributed by atoms with Crippen LogP contribution in [0.5, 0.6) is 0 Å². The molecule has 6 nitrogen and oxygen atoms in total. The molecule has 0 unspecified atom stereocenters. The average Bonchev–Trinajstić information content (AvgIpc) is 2.74. The molecular weight excluding hydrogens is 416 g/mol. The van der Waals surface area contributed by atoms with E-state index in [1.165, 1.54) is 13.0 Å². The topological polar surface area (TPSA) is 84.5 Å². The first-order chi connectivity index (χ1) is 14.8. The quantitative estimate of drug-likeness (QED) is 0.524. The van der Waals surface area contributed by atoms with Crippen LogP contribution in [0, 0.1) is 6.92 Å². The molecule has 0 aromatic heterocycles. The van der Waals surface area contributed by atoms with Gasteiger partial charge in [-0.15, -0.1) is 0 Å². The summed E-state index contributed by atoms with van der Waals surface area (Å²) in [7, 11) is 0. The van der Waals surface area contributed by atoms with E-state index in [-0.39, 0.29) is 11.5 Å². The number of carbonyl (C=O) groups excluding carboxylic acids is 3. The van der Waals surface area contributed by atoms with Crippen LogP contribution >= 0.6 is 11.6 Å². The van der Waals surface area contributed by atoms with Crippen molar-refractivity contribution < 1.29 is 19.1 Å². The van der Waals surface area contributed by atoms with Gasteiger partial charge >= 0.3 is 5.97 Å². The molecule has 3 aromatic rings. The molecule has 3 aromatic carbocycles. The fraction of sp³-hybridized carbons (Fsp3) is 0.125. The van der Waals surface area contributed by atoms with Crippen molar-refractivity contribution in [1.82, 2.24) is 0 Å². The van der Waals surface area contributed by atoms with Gasteiger partial charge in [0.1, 0.15) is 0 Å². The number of carbonyl (C=O) groups is 3. The second kappa shape index (κ2) is 9.91. The zero-order chi connectivity index (χ0) is 22.4. The highest BCUT2D eigenvalue weighted by Crippen LogP contribution is 2.25. The molecule has 0 radical (unpaired) electrons. The second-order valence-electron chi connectivity index (χ2n) is 6.91. The summed E-state index contributed by atoms with van der Waals surface area (Å²) in [6.45, 7) is 3.23. The van der Waals surface area contributed by atoms with Crippen molar-refractivity contribution in [3.8, 4) is 0 Å². The van der Waals surface area contributed by atoms with Crippen LogP contribution in [0.15, 0.2) is 72.8 Å². The predicted octanol–water partition coefficient (Wildman–Crippen LogP) is 5.14. The lowest BCUT2D eigenvalue weighted by Gasteiger charge is -2.18. The molecule has 7 heteroatoms. The molecule has 0 aliphatic carbocycles. The van der Waals surface area contributed by atoms with Crippen LogP contribution in [0.2, 0.25) is 5.02 Å². The fourth-order valence-corrected chi connectivity index (χ4v) is 3.06. The maximum Gasteiger partial charge on any atom is 0.339 e. The van der Waals surface area contributed by atoms with Crippen LogP contribution in [0.3, 0.4) is 0 Å². The lowest BCUT2D eigenvalue weighted by molar-refractivity contribution is -0.125. The standard InChI is InChI=1S/C24H21ClN2O4/c1-15-11-12-20(14-21(15)25)27-23(29)22(17-7-4-3-5-8-17)31-24(30)18-9-6-10-19(13-18)26-16(2)28/h3-14,22H,1-2H3,(H,26,28)(H,27,29)/t22-/m1/s1. The Kier molecular flexibility index (Phi) is 7.05. The maximum absolute atomic E-state index is 13.0. The summed E-state index contributed by atoms with van der Waals surface area (Å²) in [6, 6.07) is 20.2. The second-order valence-corrected chi connectivity index (χ2v) is 7.32. The smallest absolute Gasteiger partial charge is 0.339 e. The summed E-state index contributed by atoms with van der Waals surface area (Å²) in [5.74, 6) is -1.47. The molecule has 3 rings (SSSR count). The van der Waals surface area contributed by atoms with E-state index in [9.17, 15) is 14.4 Å². The van der Waals surface area contributed by atoms with Gasteiger partial charge in [-0.2, -0.15) is 0 Å². The summed E-state index contributed by atoms with van der Waals surface area (Å²) in [4.78, 5) is 37.1. The number of ether oxygens (including phenoxy) is 1. The van der Waals surface area contributed by atoms with Crippen molar-refractivity contribution in [2.75, 3.05) is 10.6 Å². The van der Waals surface area contributed by atoms with Gasteiger partial charge in [0.15, 0.2) is 0 Å². The Bertz CT molecular complexity index is 1120. The third kappa shape index (κ3) is 5.93. The van der Waals surface area contributed by atoms with Gasteiger partial charge in [0.25, 0.3) is 5.91 Å². The van der Waals surface area contributed by atoms with E-state index in [4.69, 9.17) is 16.3 Å². The largest absolute Gasteiger partial charge is 0.444 e. The molecule has 0 bridgehead atoms. The van der Waals surface area contributed by atoms with E-state index in [1.54, 1.807) is 66.7 Å². The van der Waals surface area contributed by atoms with E-state index in [2.05, 4.69) is 10.6 Å². The van der Waals surface area contributed by atoms with E-state index in [1.807, 2.05) is 6.92 Å². The lowest BCUT2D eigenvalue weighted by atomic mass is 10.1. The first-order valence-electron chi connectivity index (χ1n) is 9.54. The predicted molar refractivity (Wildman–Crippen MR) is 120 cm³/mol. The van der Waals surface area contributed by atoms with Gasteiger partial charge in [-0.05, 0) is 42.8 Å². The number of rotatable bonds is 6. The number of hydrogen-bond acceptors (Lipinski definition) is 4. The number of nitrogens with one attached hydrogen (secondary N) is 2. The van der Waals surface area contributed by atoms with Crippen molar-refractivity contribution >= 4 is 40.8 Å². The zero-order valence-electron chi connectivity index (χ0n) is 17.0. The van der Waals surface area contributed by atoms with E-state index in [0.717, 1.165) is 5.56 Å². The number of amides is 2. The van der Waals surface area contributed by atoms with Crippen LogP contribution in [-0.4, -0.2) is 17.8 Å². The number of anilines is 2. The Hall–Kier alpha value is -3.64. The third-order valence-electron chi connectivity index (χ3n) is 4.42. The van der Waals surface area contributed by atoms with Crippen molar-refractivity contribution in [2.45, 2.75) is 20.0 Å². The normalized spacial score (nSPS) is 11.3. The molecule has 31 heavy (non-hydrogen) atoms. The van der Waals surface area contributed by atoms with Crippen LogP contribution < -0.4 is 10.6 Å². The molecule has 0 spiro atoms. The monoisotopic (exact) mass is 436 g/mol. The SMILES string of the molecule is CC(=O)Nc1cccc(C(=O)O[C@@H](C(=O)Nc2ccc(C)c(Cl)c2)c2ccccc2)c1. The Labute approximate surface area is 185 Å². The Morgan fingerprint density at radius 1 is 0.871 bits per heavy atom. The fourth-order valence-electron chi connectivity index (χ4n) is 2.88. The molecule has 1 atom stereocenters. The molecule has 0 heterocycles. The molecule has 0 aliphatic rings. The highest BCUT2D eigenvalue weighted by molar-refractivity contribution is 6.31. The van der Waals surface area contributed by atoms with Gasteiger partial charge < -0.3 is 15.4 Å². The highest BCUT2D eigenvalue weighted by Gasteiger charge is 2.26. The van der Waals surface area contributed by atoms with E-state index < -0.39 is 18.0 Å². The number of benzene rings is 3. The van der Waals surface area contributed by atoms with Gasteiger partial charge in [-0.25, -0.2) is 4.79 Å². The van der Waals surface area contributed by atoms with Gasteiger partial charge in [0.2, 0.25) is 12.0 Å². The highest BCUT2D eigenvalue weighted by atomic mass is 35.5. The first-order valence-corrected chi connectivity index (χ1v) is 9.92. The van der Waals surface area contributed by atoms with Crippen LogP contribution in [0.25, 0.3) is 0 Å². The lowest BCUT2D eigenvalue weighted by Crippen LogP contribution is -2.26. The van der Waals surface area contributed by atoms with Crippen molar-refractivity contribution in [3.63, 3.8) is 0 Å². The molecular formula is C24H21ClN2O4. The Morgan fingerprint density at radius 2 is 1.58 bits per heavy atom. The van der Waals surface area contributed by atoms with Crippen molar-refractivity contribution in [2.24, 2.45) is 0 Å². The van der Waals surface area contributed by atoms with Gasteiger partial charge in [0.05, 0.1) is 5.56 Å². The molecule has 0 fully saturated rings. The molecule has 0 saturated heterocycles. The van der Waals surface area contributed by atoms with Crippen LogP contribution in [0.4, 0.5) is 11.4 Å². The summed E-state index contributed by atoms with van der Waals surface area (Å²) in [5.41, 5.74) is 2.55. The minimum Gasteiger partial charge on any atom is -0.444 e. The van der Waals surface area contributed by atoms with Gasteiger partial charge in [0, 0.05) is 28.9 Å². The van der Waals surface area contributed by atoms with Crippen molar-refractivity contribution in [3.05, 3.63) is 94.5 Å². The summed E-state index contributed by atoms with van der Waals surface area (Å²) in [6.07, 6.45) is -1.18. The molecule has 0 aliphatic heterocycles. The van der Waals surface area contributed by atoms with Crippen LogP contribution in [0.1, 0.15) is 34.5 Å². The van der Waals surface area contributed by atoms with Gasteiger partial charge in [-0.3, -0.25) is 9.59 Å². The number of aryl methyl sites for hydroxylation is 1. The summed E-state index contributed by atoms with van der Waals surface area (Å²) < 4.78 is 5.57. The Morgan fingerprint density at radius 3 is 2.26 bits per heavy atom. The molecule has 2 N–H and O–H groups in total. The maximum atomic E-state index is 13.0.